The Hall–Kier alpha value is -1.63. The van der Waals surface area contributed by atoms with Crippen LogP contribution in [0.1, 0.15) is 42.8 Å². The van der Waals surface area contributed by atoms with Gasteiger partial charge in [-0.2, -0.15) is 0 Å². The maximum absolute atomic E-state index is 12.9. The average molecular weight is 422 g/mol. The number of halogens is 1. The van der Waals surface area contributed by atoms with E-state index in [-0.39, 0.29) is 36.3 Å². The van der Waals surface area contributed by atoms with Crippen molar-refractivity contribution in [1.29, 1.82) is 0 Å². The first-order valence-corrected chi connectivity index (χ1v) is 10.5. The number of carbonyl (C=O) groups is 1. The summed E-state index contributed by atoms with van der Waals surface area (Å²) in [5.74, 6) is 1.92. The predicted molar refractivity (Wildman–Crippen MR) is 115 cm³/mol. The van der Waals surface area contributed by atoms with Crippen LogP contribution in [0.2, 0.25) is 0 Å². The van der Waals surface area contributed by atoms with Crippen molar-refractivity contribution in [2.24, 2.45) is 23.5 Å². The Morgan fingerprint density at radius 2 is 1.96 bits per heavy atom. The van der Waals surface area contributed by atoms with E-state index in [0.717, 1.165) is 39.7 Å². The Labute approximate surface area is 176 Å². The van der Waals surface area contributed by atoms with Crippen LogP contribution in [0, 0.1) is 24.7 Å². The number of hydrogen-bond acceptors (Lipinski definition) is 5. The Morgan fingerprint density at radius 3 is 2.57 bits per heavy atom. The predicted octanol–water partition coefficient (Wildman–Crippen LogP) is 4.10. The fraction of sp³-hybridized carbons (Fsp3) is 0.524. The highest BCUT2D eigenvalue weighted by molar-refractivity contribution is 7.15. The zero-order valence-corrected chi connectivity index (χ0v) is 18.1. The molecule has 1 aromatic carbocycles. The summed E-state index contributed by atoms with van der Waals surface area (Å²) in [4.78, 5) is 18.7. The molecule has 0 spiro atoms. The number of benzene rings is 1. The van der Waals surface area contributed by atoms with Crippen molar-refractivity contribution in [2.45, 2.75) is 45.2 Å². The van der Waals surface area contributed by atoms with Crippen LogP contribution in [0.5, 0.6) is 5.75 Å². The standard InChI is InChI=1S/C21H27N3O2S.ClH/c1-11(23-20(25)17-14-4-5-15(10-14)18(17)22)19-12(2)24-21(27-19)13-6-8-16(26-3)9-7-13;/h6-9,11,14-15,17-18H,4-5,10,22H2,1-3H3,(H,23,25);1H. The molecule has 2 fully saturated rings. The number of aryl methyl sites for hydroxylation is 1. The van der Waals surface area contributed by atoms with Gasteiger partial charge in [-0.1, -0.05) is 0 Å². The molecule has 2 aliphatic rings. The molecule has 0 aliphatic heterocycles. The lowest BCUT2D eigenvalue weighted by molar-refractivity contribution is -0.127. The zero-order valence-electron chi connectivity index (χ0n) is 16.5. The summed E-state index contributed by atoms with van der Waals surface area (Å²) in [5, 5.41) is 4.17. The van der Waals surface area contributed by atoms with Gasteiger partial charge in [-0.3, -0.25) is 4.79 Å². The van der Waals surface area contributed by atoms with E-state index in [0.29, 0.717) is 11.8 Å². The Morgan fingerprint density at radius 1 is 1.29 bits per heavy atom. The van der Waals surface area contributed by atoms with Gasteiger partial charge in [0.1, 0.15) is 10.8 Å². The molecule has 5 nitrogen and oxygen atoms in total. The molecule has 2 bridgehead atoms. The van der Waals surface area contributed by atoms with Gasteiger partial charge in [0.15, 0.2) is 0 Å². The summed E-state index contributed by atoms with van der Waals surface area (Å²) in [7, 11) is 1.66. The number of nitrogens with one attached hydrogen (secondary N) is 1. The van der Waals surface area contributed by atoms with Crippen LogP contribution in [-0.4, -0.2) is 24.0 Å². The number of carbonyl (C=O) groups excluding carboxylic acids is 1. The van der Waals surface area contributed by atoms with Crippen molar-refractivity contribution in [2.75, 3.05) is 7.11 Å². The number of rotatable bonds is 5. The summed E-state index contributed by atoms with van der Waals surface area (Å²) < 4.78 is 5.22. The van der Waals surface area contributed by atoms with E-state index in [4.69, 9.17) is 15.5 Å². The molecule has 0 radical (unpaired) electrons. The molecule has 2 aliphatic carbocycles. The summed E-state index contributed by atoms with van der Waals surface area (Å²) in [6, 6.07) is 7.86. The molecule has 2 saturated carbocycles. The first-order chi connectivity index (χ1) is 13.0. The van der Waals surface area contributed by atoms with E-state index in [2.05, 4.69) is 5.32 Å². The summed E-state index contributed by atoms with van der Waals surface area (Å²) in [6.07, 6.45) is 3.45. The van der Waals surface area contributed by atoms with Gasteiger partial charge >= 0.3 is 0 Å². The maximum Gasteiger partial charge on any atom is 0.225 e. The number of nitrogens with two attached hydrogens (primary N) is 1. The second kappa shape index (κ2) is 8.39. The number of methoxy groups -OCH3 is 1. The number of amides is 1. The monoisotopic (exact) mass is 421 g/mol. The summed E-state index contributed by atoms with van der Waals surface area (Å²) in [5.41, 5.74) is 8.36. The van der Waals surface area contributed by atoms with E-state index in [1.54, 1.807) is 18.4 Å². The molecule has 1 aromatic heterocycles. The third-order valence-electron chi connectivity index (χ3n) is 6.20. The smallest absolute Gasteiger partial charge is 0.225 e. The molecule has 4 rings (SSSR count). The van der Waals surface area contributed by atoms with E-state index < -0.39 is 0 Å². The Kier molecular flexibility index (Phi) is 6.32. The van der Waals surface area contributed by atoms with E-state index >= 15 is 0 Å². The highest BCUT2D eigenvalue weighted by Crippen LogP contribution is 2.47. The quantitative estimate of drug-likeness (QED) is 0.761. The van der Waals surface area contributed by atoms with Crippen LogP contribution in [0.3, 0.4) is 0 Å². The van der Waals surface area contributed by atoms with Crippen LogP contribution in [0.4, 0.5) is 0 Å². The third kappa shape index (κ3) is 3.78. The van der Waals surface area contributed by atoms with Gasteiger partial charge in [-0.25, -0.2) is 4.98 Å². The number of nitrogens with zero attached hydrogens (tertiary/aromatic N) is 1. The molecule has 0 saturated heterocycles. The van der Waals surface area contributed by atoms with Gasteiger partial charge in [0.2, 0.25) is 5.91 Å². The van der Waals surface area contributed by atoms with E-state index in [1.807, 2.05) is 38.1 Å². The van der Waals surface area contributed by atoms with Gasteiger partial charge in [0.25, 0.3) is 0 Å². The van der Waals surface area contributed by atoms with Crippen molar-refractivity contribution in [3.8, 4) is 16.3 Å². The number of aromatic nitrogens is 1. The first kappa shape index (κ1) is 21.1. The van der Waals surface area contributed by atoms with Crippen molar-refractivity contribution < 1.29 is 9.53 Å². The topological polar surface area (TPSA) is 77.2 Å². The molecule has 152 valence electrons. The van der Waals surface area contributed by atoms with Crippen LogP contribution in [-0.2, 0) is 4.79 Å². The van der Waals surface area contributed by atoms with Crippen molar-refractivity contribution in [3.05, 3.63) is 34.8 Å². The van der Waals surface area contributed by atoms with Crippen molar-refractivity contribution in [3.63, 3.8) is 0 Å². The fourth-order valence-electron chi connectivity index (χ4n) is 4.77. The SMILES string of the molecule is COc1ccc(-c2nc(C)c(C(C)NC(=O)C3C4CCC(C4)C3N)s2)cc1.Cl. The minimum atomic E-state index is -0.0617. The molecule has 7 heteroatoms. The molecule has 1 heterocycles. The fourth-order valence-corrected chi connectivity index (χ4v) is 5.84. The summed E-state index contributed by atoms with van der Waals surface area (Å²) in [6.45, 7) is 4.04. The zero-order chi connectivity index (χ0) is 19.1. The molecule has 5 unspecified atom stereocenters. The minimum absolute atomic E-state index is 0. The molecular weight excluding hydrogens is 394 g/mol. The summed E-state index contributed by atoms with van der Waals surface area (Å²) >= 11 is 1.64. The largest absolute Gasteiger partial charge is 0.497 e. The third-order valence-corrected chi connectivity index (χ3v) is 7.59. The molecule has 3 N–H and O–H groups in total. The second-order valence-corrected chi connectivity index (χ2v) is 8.89. The number of fused-ring (bicyclic) bond motifs is 2. The van der Waals surface area contributed by atoms with Crippen LogP contribution in [0.25, 0.3) is 10.6 Å². The highest BCUT2D eigenvalue weighted by Gasteiger charge is 2.49. The molecule has 28 heavy (non-hydrogen) atoms. The van der Waals surface area contributed by atoms with Gasteiger partial charge in [0.05, 0.1) is 29.6 Å². The van der Waals surface area contributed by atoms with Crippen LogP contribution in [0.15, 0.2) is 24.3 Å². The van der Waals surface area contributed by atoms with Gasteiger partial charge in [0, 0.05) is 11.6 Å². The van der Waals surface area contributed by atoms with E-state index in [9.17, 15) is 4.79 Å². The number of ether oxygens (including phenoxy) is 1. The van der Waals surface area contributed by atoms with Gasteiger partial charge in [-0.05, 0) is 69.2 Å². The van der Waals surface area contributed by atoms with Crippen molar-refractivity contribution >= 4 is 29.7 Å². The van der Waals surface area contributed by atoms with Crippen LogP contribution < -0.4 is 15.8 Å². The lowest BCUT2D eigenvalue weighted by atomic mass is 9.84. The lowest BCUT2D eigenvalue weighted by Gasteiger charge is -2.28. The number of hydrogen-bond donors (Lipinski definition) is 2. The van der Waals surface area contributed by atoms with Crippen molar-refractivity contribution in [1.82, 2.24) is 10.3 Å². The normalized spacial score (nSPS) is 26.6. The molecule has 1 amide bonds. The molecule has 2 aromatic rings. The first-order valence-electron chi connectivity index (χ1n) is 9.65. The second-order valence-electron chi connectivity index (χ2n) is 7.86. The lowest BCUT2D eigenvalue weighted by Crippen LogP contribution is -2.45. The Balaban J connectivity index is 0.00000225. The highest BCUT2D eigenvalue weighted by atomic mass is 35.5. The van der Waals surface area contributed by atoms with Gasteiger partial charge < -0.3 is 15.8 Å². The van der Waals surface area contributed by atoms with Crippen LogP contribution >= 0.6 is 23.7 Å². The minimum Gasteiger partial charge on any atom is -0.497 e. The average Bonchev–Trinajstić information content (AvgIpc) is 3.36. The molecular formula is C21H28ClN3O2S. The van der Waals surface area contributed by atoms with Gasteiger partial charge in [-0.15, -0.1) is 23.7 Å². The van der Waals surface area contributed by atoms with E-state index in [1.165, 1.54) is 6.42 Å². The Bertz CT molecular complexity index is 837. The maximum atomic E-state index is 12.9. The number of thiazole rings is 1. The molecule has 5 atom stereocenters.